The number of anilines is 1. The second-order valence-corrected chi connectivity index (χ2v) is 4.24. The van der Waals surface area contributed by atoms with E-state index in [1.54, 1.807) is 6.07 Å². The summed E-state index contributed by atoms with van der Waals surface area (Å²) in [5.41, 5.74) is 6.04. The van der Waals surface area contributed by atoms with Crippen molar-refractivity contribution in [1.29, 1.82) is 0 Å². The average Bonchev–Trinajstić information content (AvgIpc) is 2.19. The smallest absolute Gasteiger partial charge is 0.313 e. The summed E-state index contributed by atoms with van der Waals surface area (Å²) in [5.74, 6) is 0.0763. The Labute approximate surface area is 94.0 Å². The van der Waals surface area contributed by atoms with Crippen LogP contribution >= 0.6 is 0 Å². The topological polar surface area (TPSA) is 89.4 Å². The van der Waals surface area contributed by atoms with E-state index in [1.165, 1.54) is 6.07 Å². The van der Waals surface area contributed by atoms with E-state index < -0.39 is 10.7 Å². The first-order valence-electron chi connectivity index (χ1n) is 5.17. The molecule has 0 aliphatic heterocycles. The van der Waals surface area contributed by atoms with Crippen LogP contribution in [0.5, 0.6) is 5.75 Å². The van der Waals surface area contributed by atoms with Crippen LogP contribution in [0.15, 0.2) is 12.1 Å². The van der Waals surface area contributed by atoms with E-state index in [-0.39, 0.29) is 11.4 Å². The first-order valence-corrected chi connectivity index (χ1v) is 5.17. The fraction of sp³-hybridized carbons (Fsp3) is 0.455. The Morgan fingerprint density at radius 3 is 2.62 bits per heavy atom. The molecule has 0 spiro atoms. The summed E-state index contributed by atoms with van der Waals surface area (Å²) >= 11 is 0. The van der Waals surface area contributed by atoms with Crippen LogP contribution in [-0.2, 0) is 6.42 Å². The predicted octanol–water partition coefficient (Wildman–Crippen LogP) is 2.47. The fourth-order valence-corrected chi connectivity index (χ4v) is 1.44. The molecule has 5 nitrogen and oxygen atoms in total. The lowest BCUT2D eigenvalue weighted by Gasteiger charge is -2.07. The van der Waals surface area contributed by atoms with Crippen LogP contribution in [-0.4, -0.2) is 10.0 Å². The van der Waals surface area contributed by atoms with Gasteiger partial charge in [0.25, 0.3) is 0 Å². The van der Waals surface area contributed by atoms with Crippen LogP contribution in [0.25, 0.3) is 0 Å². The Kier molecular flexibility index (Phi) is 3.71. The van der Waals surface area contributed by atoms with Crippen molar-refractivity contribution >= 4 is 11.4 Å². The average molecular weight is 224 g/mol. The molecule has 0 amide bonds. The van der Waals surface area contributed by atoms with Crippen molar-refractivity contribution in [2.24, 2.45) is 5.92 Å². The Bertz CT molecular complexity index is 402. The molecule has 0 aromatic heterocycles. The van der Waals surface area contributed by atoms with Crippen LogP contribution in [0, 0.1) is 16.0 Å². The maximum atomic E-state index is 10.7. The second kappa shape index (κ2) is 4.83. The highest BCUT2D eigenvalue weighted by Gasteiger charge is 2.17. The summed E-state index contributed by atoms with van der Waals surface area (Å²) in [6.45, 7) is 4.16. The van der Waals surface area contributed by atoms with Gasteiger partial charge >= 0.3 is 5.69 Å². The van der Waals surface area contributed by atoms with Gasteiger partial charge in [0.1, 0.15) is 0 Å². The van der Waals surface area contributed by atoms with Crippen molar-refractivity contribution in [3.8, 4) is 5.75 Å². The molecule has 88 valence electrons. The SMILES string of the molecule is CC(C)CCc1cc(N)c(O)c([N+](=O)[O-])c1. The number of benzene rings is 1. The molecule has 0 aliphatic carbocycles. The van der Waals surface area contributed by atoms with Crippen molar-refractivity contribution in [3.63, 3.8) is 0 Å². The predicted molar refractivity (Wildman–Crippen MR) is 62.3 cm³/mol. The zero-order chi connectivity index (χ0) is 12.3. The number of nitrogens with zero attached hydrogens (tertiary/aromatic N) is 1. The minimum atomic E-state index is -0.620. The molecule has 0 radical (unpaired) electrons. The van der Waals surface area contributed by atoms with Gasteiger partial charge in [0.05, 0.1) is 10.6 Å². The van der Waals surface area contributed by atoms with Gasteiger partial charge in [0.15, 0.2) is 0 Å². The zero-order valence-electron chi connectivity index (χ0n) is 9.43. The van der Waals surface area contributed by atoms with Gasteiger partial charge < -0.3 is 10.8 Å². The molecule has 0 saturated carbocycles. The fourth-order valence-electron chi connectivity index (χ4n) is 1.44. The van der Waals surface area contributed by atoms with E-state index in [9.17, 15) is 15.2 Å². The molecule has 0 heterocycles. The van der Waals surface area contributed by atoms with Crippen LogP contribution in [0.3, 0.4) is 0 Å². The number of nitro benzene ring substituents is 1. The molecule has 0 saturated heterocycles. The van der Waals surface area contributed by atoms with Crippen LogP contribution < -0.4 is 5.73 Å². The normalized spacial score (nSPS) is 10.7. The number of rotatable bonds is 4. The van der Waals surface area contributed by atoms with Gasteiger partial charge in [-0.15, -0.1) is 0 Å². The van der Waals surface area contributed by atoms with Gasteiger partial charge in [-0.05, 0) is 30.4 Å². The van der Waals surface area contributed by atoms with Crippen molar-refractivity contribution in [2.75, 3.05) is 5.73 Å². The number of hydrogen-bond donors (Lipinski definition) is 2. The van der Waals surface area contributed by atoms with Crippen molar-refractivity contribution in [3.05, 3.63) is 27.8 Å². The van der Waals surface area contributed by atoms with Gasteiger partial charge in [0, 0.05) is 6.07 Å². The highest BCUT2D eigenvalue weighted by Crippen LogP contribution is 2.33. The minimum absolute atomic E-state index is 0.0629. The van der Waals surface area contributed by atoms with E-state index >= 15 is 0 Å². The number of nitrogen functional groups attached to an aromatic ring is 1. The molecule has 3 N–H and O–H groups in total. The summed E-state index contributed by atoms with van der Waals surface area (Å²) in [4.78, 5) is 10.0. The number of nitro groups is 1. The Balaban J connectivity index is 3.00. The third kappa shape index (κ3) is 2.85. The summed E-state index contributed by atoms with van der Waals surface area (Å²) in [6, 6.07) is 2.97. The Hall–Kier alpha value is -1.78. The van der Waals surface area contributed by atoms with E-state index in [4.69, 9.17) is 5.73 Å². The lowest BCUT2D eigenvalue weighted by molar-refractivity contribution is -0.385. The van der Waals surface area contributed by atoms with Crippen LogP contribution in [0.4, 0.5) is 11.4 Å². The third-order valence-corrected chi connectivity index (χ3v) is 2.39. The number of aromatic hydroxyl groups is 1. The maximum absolute atomic E-state index is 10.7. The van der Waals surface area contributed by atoms with E-state index in [0.717, 1.165) is 18.4 Å². The number of phenols is 1. The lowest BCUT2D eigenvalue weighted by atomic mass is 10.0. The van der Waals surface area contributed by atoms with Crippen molar-refractivity contribution in [1.82, 2.24) is 0 Å². The highest BCUT2D eigenvalue weighted by atomic mass is 16.6. The Morgan fingerprint density at radius 2 is 2.12 bits per heavy atom. The molecule has 0 bridgehead atoms. The van der Waals surface area contributed by atoms with Gasteiger partial charge in [-0.1, -0.05) is 13.8 Å². The van der Waals surface area contributed by atoms with Gasteiger partial charge in [-0.3, -0.25) is 10.1 Å². The molecular weight excluding hydrogens is 208 g/mol. The van der Waals surface area contributed by atoms with Crippen molar-refractivity contribution in [2.45, 2.75) is 26.7 Å². The van der Waals surface area contributed by atoms with Gasteiger partial charge in [-0.2, -0.15) is 0 Å². The number of nitrogens with two attached hydrogens (primary N) is 1. The van der Waals surface area contributed by atoms with Gasteiger partial charge in [0.2, 0.25) is 5.75 Å². The standard InChI is InChI=1S/C11H16N2O3/c1-7(2)3-4-8-5-9(12)11(14)10(6-8)13(15)16/h5-7,14H,3-4,12H2,1-2H3. The largest absolute Gasteiger partial charge is 0.501 e. The molecule has 0 fully saturated rings. The number of phenolic OH excluding ortho intramolecular Hbond substituents is 1. The molecule has 5 heteroatoms. The maximum Gasteiger partial charge on any atom is 0.313 e. The molecule has 0 unspecified atom stereocenters. The third-order valence-electron chi connectivity index (χ3n) is 2.39. The molecule has 1 aromatic rings. The van der Waals surface area contributed by atoms with Gasteiger partial charge in [-0.25, -0.2) is 0 Å². The van der Waals surface area contributed by atoms with Crippen LogP contribution in [0.1, 0.15) is 25.8 Å². The summed E-state index contributed by atoms with van der Waals surface area (Å²) in [5, 5.41) is 20.1. The molecular formula is C11H16N2O3. The summed E-state index contributed by atoms with van der Waals surface area (Å²) in [6.07, 6.45) is 1.66. The molecule has 16 heavy (non-hydrogen) atoms. The molecule has 1 aromatic carbocycles. The van der Waals surface area contributed by atoms with E-state index in [0.29, 0.717) is 5.92 Å². The number of aryl methyl sites for hydroxylation is 1. The Morgan fingerprint density at radius 1 is 1.50 bits per heavy atom. The summed E-state index contributed by atoms with van der Waals surface area (Å²) in [7, 11) is 0. The summed E-state index contributed by atoms with van der Waals surface area (Å²) < 4.78 is 0. The zero-order valence-corrected chi connectivity index (χ0v) is 9.43. The highest BCUT2D eigenvalue weighted by molar-refractivity contribution is 5.64. The number of hydrogen-bond acceptors (Lipinski definition) is 4. The van der Waals surface area contributed by atoms with E-state index in [1.807, 2.05) is 0 Å². The van der Waals surface area contributed by atoms with Crippen LogP contribution in [0.2, 0.25) is 0 Å². The van der Waals surface area contributed by atoms with E-state index in [2.05, 4.69) is 13.8 Å². The second-order valence-electron chi connectivity index (χ2n) is 4.24. The first-order chi connectivity index (χ1) is 7.41. The van der Waals surface area contributed by atoms with Crippen molar-refractivity contribution < 1.29 is 10.0 Å². The first kappa shape index (κ1) is 12.3. The lowest BCUT2D eigenvalue weighted by Crippen LogP contribution is -1.98. The quantitative estimate of drug-likeness (QED) is 0.356. The monoisotopic (exact) mass is 224 g/mol. The molecule has 0 atom stereocenters. The minimum Gasteiger partial charge on any atom is -0.501 e. The molecule has 0 aliphatic rings. The molecule has 1 rings (SSSR count).